The van der Waals surface area contributed by atoms with Gasteiger partial charge in [0.05, 0.1) is 0 Å². The molecule has 4 heteroatoms. The molecule has 1 atom stereocenters. The lowest BCUT2D eigenvalue weighted by atomic mass is 10.1. The predicted octanol–water partition coefficient (Wildman–Crippen LogP) is 3.57. The summed E-state index contributed by atoms with van der Waals surface area (Å²) < 4.78 is 13.1. The smallest absolute Gasteiger partial charge is 0.247 e. The van der Waals surface area contributed by atoms with Gasteiger partial charge in [-0.15, -0.1) is 0 Å². The molecule has 1 saturated carbocycles. The molecule has 0 spiro atoms. The SMILES string of the molecule is Cc1cccc(N[C@@H](C(=O)NC2CC2)c2ccc(F)cc2)c1. The highest BCUT2D eigenvalue weighted by Crippen LogP contribution is 2.24. The van der Waals surface area contributed by atoms with E-state index in [9.17, 15) is 9.18 Å². The molecule has 0 aromatic heterocycles. The van der Waals surface area contributed by atoms with Crippen LogP contribution in [0.25, 0.3) is 0 Å². The Bertz CT molecular complexity index is 665. The molecule has 1 fully saturated rings. The van der Waals surface area contributed by atoms with Crippen LogP contribution in [0, 0.1) is 12.7 Å². The lowest BCUT2D eigenvalue weighted by molar-refractivity contribution is -0.122. The van der Waals surface area contributed by atoms with Crippen molar-refractivity contribution in [2.45, 2.75) is 31.8 Å². The lowest BCUT2D eigenvalue weighted by Gasteiger charge is -2.20. The molecule has 2 aromatic carbocycles. The summed E-state index contributed by atoms with van der Waals surface area (Å²) >= 11 is 0. The van der Waals surface area contributed by atoms with Gasteiger partial charge in [-0.1, -0.05) is 24.3 Å². The third-order valence-electron chi connectivity index (χ3n) is 3.72. The number of aryl methyl sites for hydroxylation is 1. The second-order valence-corrected chi connectivity index (χ2v) is 5.78. The molecule has 0 unspecified atom stereocenters. The Balaban J connectivity index is 1.84. The van der Waals surface area contributed by atoms with Gasteiger partial charge in [0.1, 0.15) is 11.9 Å². The van der Waals surface area contributed by atoms with Gasteiger partial charge in [0.2, 0.25) is 5.91 Å². The van der Waals surface area contributed by atoms with E-state index in [0.717, 1.165) is 29.7 Å². The fourth-order valence-corrected chi connectivity index (χ4v) is 2.37. The van der Waals surface area contributed by atoms with Crippen LogP contribution in [0.15, 0.2) is 48.5 Å². The van der Waals surface area contributed by atoms with Gasteiger partial charge in [-0.3, -0.25) is 4.79 Å². The number of halogens is 1. The number of anilines is 1. The van der Waals surface area contributed by atoms with E-state index in [1.807, 2.05) is 31.2 Å². The largest absolute Gasteiger partial charge is 0.370 e. The molecular weight excluding hydrogens is 279 g/mol. The molecule has 1 amide bonds. The van der Waals surface area contributed by atoms with Gasteiger partial charge in [-0.25, -0.2) is 4.39 Å². The van der Waals surface area contributed by atoms with E-state index in [-0.39, 0.29) is 17.8 Å². The first kappa shape index (κ1) is 14.6. The Morgan fingerprint density at radius 2 is 1.91 bits per heavy atom. The van der Waals surface area contributed by atoms with Crippen LogP contribution in [-0.2, 0) is 4.79 Å². The van der Waals surface area contributed by atoms with Gasteiger partial charge >= 0.3 is 0 Å². The van der Waals surface area contributed by atoms with E-state index >= 15 is 0 Å². The minimum atomic E-state index is -0.525. The maximum Gasteiger partial charge on any atom is 0.247 e. The van der Waals surface area contributed by atoms with Gasteiger partial charge in [-0.05, 0) is 55.2 Å². The monoisotopic (exact) mass is 298 g/mol. The van der Waals surface area contributed by atoms with Crippen LogP contribution in [0.3, 0.4) is 0 Å². The Labute approximate surface area is 129 Å². The number of carbonyl (C=O) groups is 1. The number of hydrogen-bond donors (Lipinski definition) is 2. The third kappa shape index (κ3) is 3.64. The third-order valence-corrected chi connectivity index (χ3v) is 3.72. The Hall–Kier alpha value is -2.36. The molecule has 3 rings (SSSR count). The maximum atomic E-state index is 13.1. The maximum absolute atomic E-state index is 13.1. The first-order valence-corrected chi connectivity index (χ1v) is 7.51. The summed E-state index contributed by atoms with van der Waals surface area (Å²) in [5.41, 5.74) is 2.74. The molecule has 1 aliphatic carbocycles. The summed E-state index contributed by atoms with van der Waals surface area (Å²) in [7, 11) is 0. The zero-order valence-corrected chi connectivity index (χ0v) is 12.5. The van der Waals surface area contributed by atoms with Crippen LogP contribution in [0.4, 0.5) is 10.1 Å². The Morgan fingerprint density at radius 1 is 1.18 bits per heavy atom. The van der Waals surface area contributed by atoms with Crippen molar-refractivity contribution in [3.05, 3.63) is 65.5 Å². The average molecular weight is 298 g/mol. The van der Waals surface area contributed by atoms with Crippen LogP contribution in [0.5, 0.6) is 0 Å². The molecular formula is C18H19FN2O. The summed E-state index contributed by atoms with van der Waals surface area (Å²) in [5.74, 6) is -0.378. The molecule has 2 N–H and O–H groups in total. The molecule has 114 valence electrons. The first-order chi connectivity index (χ1) is 10.6. The average Bonchev–Trinajstić information content (AvgIpc) is 3.30. The van der Waals surface area contributed by atoms with Crippen molar-refractivity contribution < 1.29 is 9.18 Å². The zero-order chi connectivity index (χ0) is 15.5. The fourth-order valence-electron chi connectivity index (χ4n) is 2.37. The highest BCUT2D eigenvalue weighted by atomic mass is 19.1. The van der Waals surface area contributed by atoms with Crippen LogP contribution in [0.1, 0.15) is 30.0 Å². The van der Waals surface area contributed by atoms with Gasteiger partial charge < -0.3 is 10.6 Å². The first-order valence-electron chi connectivity index (χ1n) is 7.51. The molecule has 1 aliphatic rings. The minimum Gasteiger partial charge on any atom is -0.370 e. The van der Waals surface area contributed by atoms with E-state index in [4.69, 9.17) is 0 Å². The number of rotatable bonds is 5. The molecule has 0 saturated heterocycles. The Kier molecular flexibility index (Phi) is 4.09. The van der Waals surface area contributed by atoms with Gasteiger partial charge in [0, 0.05) is 11.7 Å². The van der Waals surface area contributed by atoms with Crippen molar-refractivity contribution in [3.63, 3.8) is 0 Å². The van der Waals surface area contributed by atoms with Crippen molar-refractivity contribution in [2.75, 3.05) is 5.32 Å². The van der Waals surface area contributed by atoms with Crippen LogP contribution >= 0.6 is 0 Å². The number of carbonyl (C=O) groups excluding carboxylic acids is 1. The van der Waals surface area contributed by atoms with E-state index < -0.39 is 6.04 Å². The summed E-state index contributed by atoms with van der Waals surface area (Å²) in [4.78, 5) is 12.5. The van der Waals surface area contributed by atoms with E-state index in [1.165, 1.54) is 12.1 Å². The molecule has 0 radical (unpaired) electrons. The van der Waals surface area contributed by atoms with Crippen molar-refractivity contribution in [1.29, 1.82) is 0 Å². The lowest BCUT2D eigenvalue weighted by Crippen LogP contribution is -2.34. The van der Waals surface area contributed by atoms with Crippen molar-refractivity contribution >= 4 is 11.6 Å². The molecule has 0 heterocycles. The second-order valence-electron chi connectivity index (χ2n) is 5.78. The minimum absolute atomic E-state index is 0.0735. The summed E-state index contributed by atoms with van der Waals surface area (Å²) in [5, 5.41) is 6.26. The highest BCUT2D eigenvalue weighted by molar-refractivity contribution is 5.86. The van der Waals surface area contributed by atoms with E-state index in [1.54, 1.807) is 12.1 Å². The topological polar surface area (TPSA) is 41.1 Å². The van der Waals surface area contributed by atoms with Crippen molar-refractivity contribution in [3.8, 4) is 0 Å². The number of amides is 1. The second kappa shape index (κ2) is 6.18. The standard InChI is InChI=1S/C18H19FN2O/c1-12-3-2-4-16(11-12)20-17(18(22)21-15-9-10-15)13-5-7-14(19)8-6-13/h2-8,11,15,17,20H,9-10H2,1H3,(H,21,22)/t17-/m1/s1. The number of benzene rings is 2. The summed E-state index contributed by atoms with van der Waals surface area (Å²) in [6, 6.07) is 13.7. The number of hydrogen-bond acceptors (Lipinski definition) is 2. The van der Waals surface area contributed by atoms with Crippen molar-refractivity contribution in [1.82, 2.24) is 5.32 Å². The molecule has 22 heavy (non-hydrogen) atoms. The molecule has 3 nitrogen and oxygen atoms in total. The molecule has 0 bridgehead atoms. The highest BCUT2D eigenvalue weighted by Gasteiger charge is 2.28. The van der Waals surface area contributed by atoms with Gasteiger partial charge in [0.25, 0.3) is 0 Å². The van der Waals surface area contributed by atoms with Crippen molar-refractivity contribution in [2.24, 2.45) is 0 Å². The van der Waals surface area contributed by atoms with Gasteiger partial charge in [0.15, 0.2) is 0 Å². The van der Waals surface area contributed by atoms with Crippen LogP contribution in [0.2, 0.25) is 0 Å². The number of nitrogens with one attached hydrogen (secondary N) is 2. The Morgan fingerprint density at radius 3 is 2.55 bits per heavy atom. The van der Waals surface area contributed by atoms with E-state index in [2.05, 4.69) is 10.6 Å². The quantitative estimate of drug-likeness (QED) is 0.886. The van der Waals surface area contributed by atoms with Crippen LogP contribution < -0.4 is 10.6 Å². The molecule has 2 aromatic rings. The zero-order valence-electron chi connectivity index (χ0n) is 12.5. The summed E-state index contributed by atoms with van der Waals surface area (Å²) in [6.07, 6.45) is 2.07. The predicted molar refractivity (Wildman–Crippen MR) is 85.1 cm³/mol. The van der Waals surface area contributed by atoms with E-state index in [0.29, 0.717) is 0 Å². The normalized spacial score (nSPS) is 15.2. The van der Waals surface area contributed by atoms with Gasteiger partial charge in [-0.2, -0.15) is 0 Å². The summed E-state index contributed by atoms with van der Waals surface area (Å²) in [6.45, 7) is 2.00. The fraction of sp³-hybridized carbons (Fsp3) is 0.278. The van der Waals surface area contributed by atoms with Crippen LogP contribution in [-0.4, -0.2) is 11.9 Å². The molecule has 0 aliphatic heterocycles.